The molecule has 0 bridgehead atoms. The van der Waals surface area contributed by atoms with Gasteiger partial charge in [0.2, 0.25) is 0 Å². The molecule has 1 fully saturated rings. The van der Waals surface area contributed by atoms with E-state index in [9.17, 15) is 4.79 Å². The fraction of sp³-hybridized carbons (Fsp3) is 0.292. The van der Waals surface area contributed by atoms with Crippen molar-refractivity contribution in [3.63, 3.8) is 0 Å². The summed E-state index contributed by atoms with van der Waals surface area (Å²) in [4.78, 5) is 16.0. The molecule has 0 aliphatic carbocycles. The molecular weight excluding hydrogens is 400 g/mol. The van der Waals surface area contributed by atoms with Crippen LogP contribution in [0.5, 0.6) is 0 Å². The summed E-state index contributed by atoms with van der Waals surface area (Å²) in [6.45, 7) is 4.11. The zero-order valence-electron chi connectivity index (χ0n) is 16.4. The molecule has 150 valence electrons. The number of carbonyl (C=O) groups excluding carboxylic acids is 1. The Morgan fingerprint density at radius 3 is 2.28 bits per heavy atom. The van der Waals surface area contributed by atoms with E-state index < -0.39 is 0 Å². The SMILES string of the molecule is O=C(NCCc1ccc(CN2CCCC2)cc1)c1ccc(-c2ccc(Cl)s2)cc1. The number of hydrogen-bond donors (Lipinski definition) is 1. The largest absolute Gasteiger partial charge is 0.352 e. The van der Waals surface area contributed by atoms with E-state index in [4.69, 9.17) is 11.6 Å². The number of hydrogen-bond acceptors (Lipinski definition) is 3. The van der Waals surface area contributed by atoms with Crippen molar-refractivity contribution in [3.05, 3.63) is 81.7 Å². The number of thiophene rings is 1. The normalized spacial score (nSPS) is 14.2. The van der Waals surface area contributed by atoms with Crippen molar-refractivity contribution in [2.24, 2.45) is 0 Å². The molecule has 1 aliphatic rings. The predicted molar refractivity (Wildman–Crippen MR) is 122 cm³/mol. The quantitative estimate of drug-likeness (QED) is 0.532. The molecule has 5 heteroatoms. The zero-order valence-corrected chi connectivity index (χ0v) is 17.9. The van der Waals surface area contributed by atoms with Gasteiger partial charge in [0, 0.05) is 23.5 Å². The second-order valence-corrected chi connectivity index (χ2v) is 9.20. The van der Waals surface area contributed by atoms with Gasteiger partial charge in [-0.2, -0.15) is 0 Å². The monoisotopic (exact) mass is 424 g/mol. The minimum atomic E-state index is -0.0357. The third kappa shape index (κ3) is 5.47. The van der Waals surface area contributed by atoms with E-state index in [1.807, 2.05) is 36.4 Å². The first kappa shape index (κ1) is 20.1. The standard InChI is InChI=1S/C24H25ClN2OS/c25-23-12-11-22(29-23)20-7-9-21(10-8-20)24(28)26-14-13-18-3-5-19(6-4-18)17-27-15-1-2-16-27/h3-12H,1-2,13-17H2,(H,26,28). The predicted octanol–water partition coefficient (Wildman–Crippen LogP) is 5.64. The van der Waals surface area contributed by atoms with Gasteiger partial charge in [0.05, 0.1) is 4.34 Å². The van der Waals surface area contributed by atoms with Crippen molar-refractivity contribution in [2.45, 2.75) is 25.8 Å². The lowest BCUT2D eigenvalue weighted by atomic mass is 10.1. The molecule has 3 nitrogen and oxygen atoms in total. The summed E-state index contributed by atoms with van der Waals surface area (Å²) < 4.78 is 0.769. The fourth-order valence-electron chi connectivity index (χ4n) is 3.69. The molecule has 0 atom stereocenters. The number of amides is 1. The summed E-state index contributed by atoms with van der Waals surface area (Å²) in [5, 5.41) is 3.02. The van der Waals surface area contributed by atoms with Crippen molar-refractivity contribution < 1.29 is 4.79 Å². The summed E-state index contributed by atoms with van der Waals surface area (Å²) in [5.74, 6) is -0.0357. The average Bonchev–Trinajstić information content (AvgIpc) is 3.41. The summed E-state index contributed by atoms with van der Waals surface area (Å²) in [6, 6.07) is 20.3. The van der Waals surface area contributed by atoms with Crippen LogP contribution in [-0.2, 0) is 13.0 Å². The molecule has 29 heavy (non-hydrogen) atoms. The van der Waals surface area contributed by atoms with E-state index in [1.54, 1.807) is 0 Å². The van der Waals surface area contributed by atoms with Gasteiger partial charge in [0.25, 0.3) is 5.91 Å². The smallest absolute Gasteiger partial charge is 0.251 e. The number of likely N-dealkylation sites (tertiary alicyclic amines) is 1. The first-order chi connectivity index (χ1) is 14.2. The summed E-state index contributed by atoms with van der Waals surface area (Å²) >= 11 is 7.54. The van der Waals surface area contributed by atoms with Crippen molar-refractivity contribution in [3.8, 4) is 10.4 Å². The van der Waals surface area contributed by atoms with Gasteiger partial charge in [-0.1, -0.05) is 48.0 Å². The van der Waals surface area contributed by atoms with Crippen LogP contribution in [0.15, 0.2) is 60.7 Å². The molecule has 3 aromatic rings. The summed E-state index contributed by atoms with van der Waals surface area (Å²) in [7, 11) is 0. The van der Waals surface area contributed by atoms with Crippen LogP contribution < -0.4 is 5.32 Å². The molecule has 1 saturated heterocycles. The first-order valence-electron chi connectivity index (χ1n) is 10.1. The topological polar surface area (TPSA) is 32.3 Å². The van der Waals surface area contributed by atoms with E-state index in [-0.39, 0.29) is 5.91 Å². The zero-order chi connectivity index (χ0) is 20.1. The second kappa shape index (κ2) is 9.57. The Labute approximate surface area is 181 Å². The van der Waals surface area contributed by atoms with Gasteiger partial charge in [-0.05, 0) is 73.3 Å². The van der Waals surface area contributed by atoms with Crippen LogP contribution in [0.3, 0.4) is 0 Å². The Balaban J connectivity index is 1.25. The van der Waals surface area contributed by atoms with Crippen LogP contribution in [0.2, 0.25) is 4.34 Å². The van der Waals surface area contributed by atoms with Gasteiger partial charge < -0.3 is 5.32 Å². The van der Waals surface area contributed by atoms with E-state index in [0.717, 1.165) is 27.7 Å². The number of nitrogens with one attached hydrogen (secondary N) is 1. The summed E-state index contributed by atoms with van der Waals surface area (Å²) in [6.07, 6.45) is 3.48. The molecule has 0 spiro atoms. The van der Waals surface area contributed by atoms with Crippen LogP contribution in [0, 0.1) is 0 Å². The van der Waals surface area contributed by atoms with E-state index in [2.05, 4.69) is 34.5 Å². The molecule has 0 radical (unpaired) electrons. The highest BCUT2D eigenvalue weighted by atomic mass is 35.5. The average molecular weight is 425 g/mol. The molecule has 1 aromatic heterocycles. The Hall–Kier alpha value is -2.14. The molecule has 0 unspecified atom stereocenters. The second-order valence-electron chi connectivity index (χ2n) is 7.49. The lowest BCUT2D eigenvalue weighted by molar-refractivity contribution is 0.0954. The van der Waals surface area contributed by atoms with Gasteiger partial charge in [-0.3, -0.25) is 9.69 Å². The van der Waals surface area contributed by atoms with Gasteiger partial charge in [-0.25, -0.2) is 0 Å². The molecular formula is C24H25ClN2OS. The molecule has 1 N–H and O–H groups in total. The van der Waals surface area contributed by atoms with Gasteiger partial charge in [-0.15, -0.1) is 11.3 Å². The molecule has 2 aromatic carbocycles. The lowest BCUT2D eigenvalue weighted by Gasteiger charge is -2.14. The molecule has 4 rings (SSSR count). The number of halogens is 1. The minimum absolute atomic E-state index is 0.0357. The maximum absolute atomic E-state index is 12.4. The van der Waals surface area contributed by atoms with Crippen LogP contribution in [0.25, 0.3) is 10.4 Å². The Morgan fingerprint density at radius 2 is 1.62 bits per heavy atom. The first-order valence-corrected chi connectivity index (χ1v) is 11.3. The van der Waals surface area contributed by atoms with Crippen LogP contribution in [0.4, 0.5) is 0 Å². The van der Waals surface area contributed by atoms with Gasteiger partial charge in [0.15, 0.2) is 0 Å². The lowest BCUT2D eigenvalue weighted by Crippen LogP contribution is -2.25. The number of carbonyl (C=O) groups is 1. The molecule has 0 saturated carbocycles. The minimum Gasteiger partial charge on any atom is -0.352 e. The maximum atomic E-state index is 12.4. The highest BCUT2D eigenvalue weighted by Crippen LogP contribution is 2.30. The van der Waals surface area contributed by atoms with Gasteiger partial charge in [0.1, 0.15) is 0 Å². The van der Waals surface area contributed by atoms with Crippen molar-refractivity contribution in [2.75, 3.05) is 19.6 Å². The van der Waals surface area contributed by atoms with E-state index in [0.29, 0.717) is 12.1 Å². The third-order valence-corrected chi connectivity index (χ3v) is 6.61. The molecule has 1 amide bonds. The van der Waals surface area contributed by atoms with Crippen LogP contribution >= 0.6 is 22.9 Å². The number of rotatable bonds is 7. The van der Waals surface area contributed by atoms with Crippen molar-refractivity contribution in [1.82, 2.24) is 10.2 Å². The van der Waals surface area contributed by atoms with Gasteiger partial charge >= 0.3 is 0 Å². The molecule has 1 aliphatic heterocycles. The summed E-state index contributed by atoms with van der Waals surface area (Å²) in [5.41, 5.74) is 4.37. The van der Waals surface area contributed by atoms with Crippen LogP contribution in [-0.4, -0.2) is 30.4 Å². The highest BCUT2D eigenvalue weighted by Gasteiger charge is 2.11. The van der Waals surface area contributed by atoms with Crippen LogP contribution in [0.1, 0.15) is 34.3 Å². The maximum Gasteiger partial charge on any atom is 0.251 e. The third-order valence-electron chi connectivity index (χ3n) is 5.33. The molecule has 2 heterocycles. The Bertz CT molecular complexity index is 944. The Morgan fingerprint density at radius 1 is 0.931 bits per heavy atom. The Kier molecular flexibility index (Phi) is 6.65. The highest BCUT2D eigenvalue weighted by molar-refractivity contribution is 7.19. The van der Waals surface area contributed by atoms with Crippen molar-refractivity contribution >= 4 is 28.8 Å². The fourth-order valence-corrected chi connectivity index (χ4v) is 4.74. The number of nitrogens with zero attached hydrogens (tertiary/aromatic N) is 1. The van der Waals surface area contributed by atoms with Crippen molar-refractivity contribution in [1.29, 1.82) is 0 Å². The number of benzene rings is 2. The van der Waals surface area contributed by atoms with E-state index >= 15 is 0 Å². The van der Waals surface area contributed by atoms with E-state index in [1.165, 1.54) is 48.4 Å².